The molecule has 1 fully saturated rings. The summed E-state index contributed by atoms with van der Waals surface area (Å²) in [6.07, 6.45) is 9.91. The first-order chi connectivity index (χ1) is 14.0. The van der Waals surface area contributed by atoms with E-state index < -0.39 is 0 Å². The average Bonchev–Trinajstić information content (AvgIpc) is 3.14. The highest BCUT2D eigenvalue weighted by Crippen LogP contribution is 2.25. The standard InChI is InChI=1S/C19H22BN9/c1-11-9-28(12(2)18(26-11)13(5-21)6-22)16-3-4-23-19(27-16)14-7-25-17-8-24-15(20)10-29(14)17/h3-8,10-12,18,21,26H,9,22H2,1-2H3/p+1. The Kier molecular flexibility index (Phi) is 5.02. The van der Waals surface area contributed by atoms with E-state index in [1.807, 2.05) is 10.5 Å². The molecule has 29 heavy (non-hydrogen) atoms. The number of hydrogen-bond donors (Lipinski definition) is 3. The minimum absolute atomic E-state index is 0.00571. The van der Waals surface area contributed by atoms with E-state index in [2.05, 4.69) is 39.0 Å². The van der Waals surface area contributed by atoms with Crippen LogP contribution < -0.4 is 27.0 Å². The molecule has 146 valence electrons. The second kappa shape index (κ2) is 7.63. The molecule has 9 nitrogen and oxygen atoms in total. The number of aromatic nitrogens is 5. The number of hydrogen-bond acceptors (Lipinski definition) is 7. The third kappa shape index (κ3) is 3.47. The summed E-state index contributed by atoms with van der Waals surface area (Å²) >= 11 is 0. The Balaban J connectivity index is 1.72. The zero-order valence-electron chi connectivity index (χ0n) is 16.4. The van der Waals surface area contributed by atoms with Gasteiger partial charge in [-0.25, -0.2) is 15.0 Å². The summed E-state index contributed by atoms with van der Waals surface area (Å²) in [5, 5.41) is 9.34. The Morgan fingerprint density at radius 1 is 1.31 bits per heavy atom. The maximum Gasteiger partial charge on any atom is 0.180 e. The first kappa shape index (κ1) is 19.1. The van der Waals surface area contributed by atoms with Gasteiger partial charge in [0.15, 0.2) is 17.7 Å². The van der Waals surface area contributed by atoms with Gasteiger partial charge in [0.05, 0.1) is 18.4 Å². The molecule has 4 heterocycles. The molecule has 5 N–H and O–H groups in total. The lowest BCUT2D eigenvalue weighted by molar-refractivity contribution is -0.105. The lowest BCUT2D eigenvalue weighted by atomic mass is 9.96. The van der Waals surface area contributed by atoms with Crippen LogP contribution in [0.5, 0.6) is 0 Å². The van der Waals surface area contributed by atoms with Crippen LogP contribution in [-0.4, -0.2) is 63.1 Å². The molecule has 0 spiro atoms. The van der Waals surface area contributed by atoms with Gasteiger partial charge in [0, 0.05) is 48.4 Å². The normalized spacial score (nSPS) is 22.8. The van der Waals surface area contributed by atoms with Crippen molar-refractivity contribution in [2.75, 3.05) is 11.4 Å². The van der Waals surface area contributed by atoms with Crippen molar-refractivity contribution in [1.82, 2.24) is 29.7 Å². The number of piperazine rings is 1. The molecule has 1 aliphatic rings. The van der Waals surface area contributed by atoms with Crippen molar-refractivity contribution >= 4 is 31.1 Å². The third-order valence-electron chi connectivity index (χ3n) is 5.23. The van der Waals surface area contributed by atoms with Crippen molar-refractivity contribution in [3.05, 3.63) is 42.6 Å². The van der Waals surface area contributed by atoms with Gasteiger partial charge in [-0.15, -0.1) is 0 Å². The molecule has 10 heteroatoms. The average molecular weight is 388 g/mol. The van der Waals surface area contributed by atoms with Crippen LogP contribution in [0.15, 0.2) is 42.6 Å². The molecule has 2 radical (unpaired) electrons. The number of nitrogens with zero attached hydrogens (tertiary/aromatic N) is 6. The summed E-state index contributed by atoms with van der Waals surface area (Å²) in [6.45, 7) is 5.04. The van der Waals surface area contributed by atoms with Gasteiger partial charge in [0.1, 0.15) is 19.4 Å². The van der Waals surface area contributed by atoms with Gasteiger partial charge < -0.3 is 16.0 Å². The van der Waals surface area contributed by atoms with E-state index in [9.17, 15) is 0 Å². The number of anilines is 1. The summed E-state index contributed by atoms with van der Waals surface area (Å²) < 4.78 is 1.84. The van der Waals surface area contributed by atoms with Crippen molar-refractivity contribution < 1.29 is 5.41 Å². The molecule has 0 saturated carbocycles. The van der Waals surface area contributed by atoms with Crippen LogP contribution in [0.25, 0.3) is 17.2 Å². The summed E-state index contributed by atoms with van der Waals surface area (Å²) in [6, 6.07) is 2.22. The van der Waals surface area contributed by atoms with E-state index >= 15 is 0 Å². The largest absolute Gasteiger partial charge is 0.404 e. The zero-order valence-corrected chi connectivity index (χ0v) is 16.4. The molecular formula is C19H23BN9+. The van der Waals surface area contributed by atoms with Gasteiger partial charge in [-0.2, -0.15) is 0 Å². The number of fused-ring (bicyclic) bond motifs is 1. The van der Waals surface area contributed by atoms with Gasteiger partial charge in [-0.3, -0.25) is 14.8 Å². The lowest BCUT2D eigenvalue weighted by Gasteiger charge is -2.43. The molecule has 0 bridgehead atoms. The Bertz CT molecular complexity index is 1080. The van der Waals surface area contributed by atoms with Crippen molar-refractivity contribution in [3.8, 4) is 11.5 Å². The van der Waals surface area contributed by atoms with Gasteiger partial charge >= 0.3 is 0 Å². The quantitative estimate of drug-likeness (QED) is 0.356. The topological polar surface area (TPSA) is 123 Å². The second-order valence-electron chi connectivity index (χ2n) is 7.19. The van der Waals surface area contributed by atoms with E-state index in [4.69, 9.17) is 24.0 Å². The van der Waals surface area contributed by atoms with E-state index in [-0.39, 0.29) is 18.1 Å². The van der Waals surface area contributed by atoms with E-state index in [0.717, 1.165) is 23.6 Å². The molecule has 0 amide bonds. The van der Waals surface area contributed by atoms with Crippen molar-refractivity contribution in [1.29, 1.82) is 0 Å². The molecule has 1 saturated heterocycles. The Labute approximate surface area is 170 Å². The Morgan fingerprint density at radius 2 is 2.14 bits per heavy atom. The van der Waals surface area contributed by atoms with Crippen molar-refractivity contribution in [2.45, 2.75) is 32.0 Å². The fraction of sp³-hybridized carbons (Fsp3) is 0.316. The first-order valence-corrected chi connectivity index (χ1v) is 9.43. The molecule has 0 aliphatic carbocycles. The molecule has 4 rings (SSSR count). The molecule has 0 aromatic carbocycles. The summed E-state index contributed by atoms with van der Waals surface area (Å²) in [4.78, 5) is 20.0. The molecule has 3 aromatic rings. The first-order valence-electron chi connectivity index (χ1n) is 9.43. The number of imidazole rings is 1. The van der Waals surface area contributed by atoms with Crippen LogP contribution in [-0.2, 0) is 0 Å². The van der Waals surface area contributed by atoms with Crippen LogP contribution in [0.1, 0.15) is 13.8 Å². The van der Waals surface area contributed by atoms with E-state index in [1.54, 1.807) is 37.2 Å². The minimum atomic E-state index is -0.00571. The number of rotatable bonds is 4. The second-order valence-corrected chi connectivity index (χ2v) is 7.19. The Hall–Kier alpha value is -3.27. The van der Waals surface area contributed by atoms with Crippen LogP contribution in [0.4, 0.5) is 5.82 Å². The fourth-order valence-electron chi connectivity index (χ4n) is 3.78. The van der Waals surface area contributed by atoms with Crippen LogP contribution in [0.3, 0.4) is 0 Å². The maximum atomic E-state index is 5.84. The fourth-order valence-corrected chi connectivity index (χ4v) is 3.78. The highest BCUT2D eigenvalue weighted by Gasteiger charge is 2.34. The summed E-state index contributed by atoms with van der Waals surface area (Å²) in [7, 11) is 5.84. The van der Waals surface area contributed by atoms with E-state index in [1.165, 1.54) is 0 Å². The van der Waals surface area contributed by atoms with Crippen LogP contribution >= 0.6 is 0 Å². The molecule has 1 aliphatic heterocycles. The van der Waals surface area contributed by atoms with Crippen molar-refractivity contribution in [3.63, 3.8) is 0 Å². The third-order valence-corrected chi connectivity index (χ3v) is 5.23. The van der Waals surface area contributed by atoms with Gasteiger partial charge in [0.2, 0.25) is 0 Å². The molecule has 3 unspecified atom stereocenters. The summed E-state index contributed by atoms with van der Waals surface area (Å²) in [5.74, 6) is 1.39. The Morgan fingerprint density at radius 3 is 2.90 bits per heavy atom. The molecule has 3 aromatic heterocycles. The highest BCUT2D eigenvalue weighted by molar-refractivity contribution is 6.30. The molecule has 3 atom stereocenters. The smallest absolute Gasteiger partial charge is 0.180 e. The van der Waals surface area contributed by atoms with Crippen LogP contribution in [0, 0.1) is 0 Å². The van der Waals surface area contributed by atoms with Gasteiger partial charge in [0.25, 0.3) is 0 Å². The lowest BCUT2D eigenvalue weighted by Crippen LogP contribution is -2.62. The summed E-state index contributed by atoms with van der Waals surface area (Å²) in [5.41, 5.74) is 8.47. The zero-order chi connectivity index (χ0) is 20.5. The van der Waals surface area contributed by atoms with Gasteiger partial charge in [-0.05, 0) is 19.9 Å². The van der Waals surface area contributed by atoms with Gasteiger partial charge in [-0.1, -0.05) is 0 Å². The maximum absolute atomic E-state index is 5.84. The highest BCUT2D eigenvalue weighted by atomic mass is 15.3. The van der Waals surface area contributed by atoms with Crippen LogP contribution in [0.2, 0.25) is 0 Å². The van der Waals surface area contributed by atoms with E-state index in [0.29, 0.717) is 17.1 Å². The SMILES string of the molecule is [B]c1cn2c(-c3nccc(N4CC(C)NC(C(C=[NH2+])=CN)C4C)n3)cnc2cn1. The predicted octanol–water partition coefficient (Wildman–Crippen LogP) is -1.79. The number of nitrogens with one attached hydrogen (secondary N) is 1. The monoisotopic (exact) mass is 388 g/mol. The number of nitrogens with two attached hydrogens (primary N) is 2. The molecular weight excluding hydrogens is 365 g/mol. The predicted molar refractivity (Wildman–Crippen MR) is 113 cm³/mol. The minimum Gasteiger partial charge on any atom is -0.404 e. The van der Waals surface area contributed by atoms with Crippen molar-refractivity contribution in [2.24, 2.45) is 5.73 Å².